The van der Waals surface area contributed by atoms with Crippen molar-refractivity contribution in [1.29, 1.82) is 0 Å². The molecule has 0 unspecified atom stereocenters. The fourth-order valence-corrected chi connectivity index (χ4v) is 3.20. The first-order chi connectivity index (χ1) is 13.9. The Labute approximate surface area is 170 Å². The fourth-order valence-electron chi connectivity index (χ4n) is 2.78. The topological polar surface area (TPSA) is 102 Å². The van der Waals surface area contributed by atoms with Crippen LogP contribution in [0.25, 0.3) is 11.3 Å². The molecule has 0 saturated heterocycles. The van der Waals surface area contributed by atoms with Crippen molar-refractivity contribution < 1.29 is 17.9 Å². The third-order valence-corrected chi connectivity index (χ3v) is 4.80. The smallest absolute Gasteiger partial charge is 0.209 e. The number of ether oxygens (including phenoxy) is 2. The van der Waals surface area contributed by atoms with Crippen molar-refractivity contribution in [2.45, 2.75) is 6.54 Å². The summed E-state index contributed by atoms with van der Waals surface area (Å²) < 4.78 is 36.0. The van der Waals surface area contributed by atoms with Crippen LogP contribution in [0.4, 0.5) is 11.5 Å². The lowest BCUT2D eigenvalue weighted by Gasteiger charge is -2.13. The van der Waals surface area contributed by atoms with Gasteiger partial charge >= 0.3 is 0 Å². The van der Waals surface area contributed by atoms with E-state index in [-0.39, 0.29) is 6.54 Å². The van der Waals surface area contributed by atoms with Gasteiger partial charge in [0.05, 0.1) is 26.2 Å². The standard InChI is InChI=1S/C20H22N4O4S/c1-27-18-9-8-15(10-14(18)12-23-29(3,25)26)24-20-11-17(21-13-22-20)16-6-4-5-7-19(16)28-2/h4-11,13,23H,12H2,1-3H3,(H,21,22,24). The van der Waals surface area contributed by atoms with Crippen LogP contribution in [-0.4, -0.2) is 38.9 Å². The van der Waals surface area contributed by atoms with Gasteiger partial charge in [0.15, 0.2) is 0 Å². The number of anilines is 2. The maximum atomic E-state index is 11.4. The Hall–Kier alpha value is -3.17. The average molecular weight is 414 g/mol. The molecule has 0 aliphatic rings. The molecule has 1 aromatic heterocycles. The molecule has 0 aliphatic carbocycles. The minimum absolute atomic E-state index is 0.119. The molecular weight excluding hydrogens is 392 g/mol. The van der Waals surface area contributed by atoms with Gasteiger partial charge in [-0.05, 0) is 30.3 Å². The SMILES string of the molecule is COc1ccc(Nc2cc(-c3ccccc3OC)ncn2)cc1CNS(C)(=O)=O. The average Bonchev–Trinajstić information content (AvgIpc) is 2.72. The van der Waals surface area contributed by atoms with E-state index in [4.69, 9.17) is 9.47 Å². The highest BCUT2D eigenvalue weighted by atomic mass is 32.2. The molecule has 1 heterocycles. The van der Waals surface area contributed by atoms with Crippen molar-refractivity contribution in [1.82, 2.24) is 14.7 Å². The van der Waals surface area contributed by atoms with Crippen LogP contribution in [0.15, 0.2) is 54.9 Å². The zero-order valence-electron chi connectivity index (χ0n) is 16.3. The van der Waals surface area contributed by atoms with Crippen molar-refractivity contribution in [3.8, 4) is 22.8 Å². The van der Waals surface area contributed by atoms with Gasteiger partial charge < -0.3 is 14.8 Å². The minimum Gasteiger partial charge on any atom is -0.496 e. The highest BCUT2D eigenvalue weighted by Gasteiger charge is 2.10. The van der Waals surface area contributed by atoms with Gasteiger partial charge in [0.25, 0.3) is 0 Å². The molecule has 2 aromatic carbocycles. The second-order valence-corrected chi connectivity index (χ2v) is 8.07. The Morgan fingerprint density at radius 3 is 2.45 bits per heavy atom. The molecule has 3 aromatic rings. The van der Waals surface area contributed by atoms with Gasteiger partial charge in [-0.25, -0.2) is 23.1 Å². The van der Waals surface area contributed by atoms with Crippen LogP contribution in [0, 0.1) is 0 Å². The predicted octanol–water partition coefficient (Wildman–Crippen LogP) is 2.95. The number of benzene rings is 2. The van der Waals surface area contributed by atoms with Crippen molar-refractivity contribution in [2.24, 2.45) is 0 Å². The summed E-state index contributed by atoms with van der Waals surface area (Å²) in [5.41, 5.74) is 3.00. The number of nitrogens with one attached hydrogen (secondary N) is 2. The number of nitrogens with zero attached hydrogens (tertiary/aromatic N) is 2. The second kappa shape index (κ2) is 8.89. The molecule has 0 atom stereocenters. The summed E-state index contributed by atoms with van der Waals surface area (Å²) in [6.45, 7) is 0.119. The van der Waals surface area contributed by atoms with Crippen LogP contribution in [0.3, 0.4) is 0 Å². The third kappa shape index (κ3) is 5.43. The van der Waals surface area contributed by atoms with Crippen LogP contribution >= 0.6 is 0 Å². The van der Waals surface area contributed by atoms with Crippen LogP contribution in [0.1, 0.15) is 5.56 Å². The molecule has 0 spiro atoms. The molecular formula is C20H22N4O4S. The third-order valence-electron chi connectivity index (χ3n) is 4.13. The van der Waals surface area contributed by atoms with Gasteiger partial charge in [0.2, 0.25) is 10.0 Å². The Kier molecular flexibility index (Phi) is 6.30. The summed E-state index contributed by atoms with van der Waals surface area (Å²) in [5, 5.41) is 3.22. The molecule has 0 amide bonds. The lowest BCUT2D eigenvalue weighted by molar-refractivity contribution is 0.409. The van der Waals surface area contributed by atoms with E-state index in [1.165, 1.54) is 13.4 Å². The van der Waals surface area contributed by atoms with Crippen LogP contribution < -0.4 is 19.5 Å². The van der Waals surface area contributed by atoms with Crippen LogP contribution in [0.5, 0.6) is 11.5 Å². The molecule has 9 heteroatoms. The molecule has 152 valence electrons. The Morgan fingerprint density at radius 1 is 0.966 bits per heavy atom. The lowest BCUT2D eigenvalue weighted by Crippen LogP contribution is -2.21. The Bertz CT molecular complexity index is 1100. The molecule has 2 N–H and O–H groups in total. The first-order valence-electron chi connectivity index (χ1n) is 8.73. The van der Waals surface area contributed by atoms with Crippen molar-refractivity contribution in [3.05, 3.63) is 60.4 Å². The molecule has 0 bridgehead atoms. The zero-order valence-corrected chi connectivity index (χ0v) is 17.2. The van der Waals surface area contributed by atoms with Gasteiger partial charge in [-0.15, -0.1) is 0 Å². The van der Waals surface area contributed by atoms with E-state index in [0.717, 1.165) is 23.3 Å². The number of aromatic nitrogens is 2. The van der Waals surface area contributed by atoms with E-state index < -0.39 is 10.0 Å². The van der Waals surface area contributed by atoms with Gasteiger partial charge in [-0.3, -0.25) is 0 Å². The normalized spacial score (nSPS) is 11.1. The van der Waals surface area contributed by atoms with Crippen LogP contribution in [0.2, 0.25) is 0 Å². The van der Waals surface area contributed by atoms with Crippen LogP contribution in [-0.2, 0) is 16.6 Å². The summed E-state index contributed by atoms with van der Waals surface area (Å²) >= 11 is 0. The largest absolute Gasteiger partial charge is 0.496 e. The maximum Gasteiger partial charge on any atom is 0.209 e. The number of hydrogen-bond acceptors (Lipinski definition) is 7. The molecule has 0 saturated carbocycles. The molecule has 3 rings (SSSR count). The van der Waals surface area contributed by atoms with Gasteiger partial charge in [0.1, 0.15) is 23.6 Å². The minimum atomic E-state index is -3.32. The zero-order chi connectivity index (χ0) is 20.9. The number of hydrogen-bond donors (Lipinski definition) is 2. The van der Waals surface area contributed by atoms with E-state index in [1.54, 1.807) is 13.2 Å². The van der Waals surface area contributed by atoms with E-state index >= 15 is 0 Å². The monoisotopic (exact) mass is 414 g/mol. The Morgan fingerprint density at radius 2 is 1.72 bits per heavy atom. The number of methoxy groups -OCH3 is 2. The summed E-state index contributed by atoms with van der Waals surface area (Å²) in [5.74, 6) is 1.90. The highest BCUT2D eigenvalue weighted by Crippen LogP contribution is 2.30. The maximum absolute atomic E-state index is 11.4. The molecule has 0 radical (unpaired) electrons. The molecule has 29 heavy (non-hydrogen) atoms. The van der Waals surface area contributed by atoms with E-state index in [1.807, 2.05) is 42.5 Å². The van der Waals surface area contributed by atoms with Crippen molar-refractivity contribution in [2.75, 3.05) is 25.8 Å². The lowest BCUT2D eigenvalue weighted by atomic mass is 10.1. The fraction of sp³-hybridized carbons (Fsp3) is 0.200. The first kappa shape index (κ1) is 20.6. The van der Waals surface area contributed by atoms with Crippen molar-refractivity contribution in [3.63, 3.8) is 0 Å². The van der Waals surface area contributed by atoms with Gasteiger partial charge in [0, 0.05) is 29.4 Å². The summed E-state index contributed by atoms with van der Waals surface area (Å²) in [6.07, 6.45) is 2.58. The van der Waals surface area contributed by atoms with E-state index in [2.05, 4.69) is 20.0 Å². The van der Waals surface area contributed by atoms with Crippen molar-refractivity contribution >= 4 is 21.5 Å². The predicted molar refractivity (Wildman–Crippen MR) is 112 cm³/mol. The van der Waals surface area contributed by atoms with Gasteiger partial charge in [-0.2, -0.15) is 0 Å². The number of rotatable bonds is 8. The summed E-state index contributed by atoms with van der Waals surface area (Å²) in [7, 11) is -0.169. The molecule has 0 aliphatic heterocycles. The summed E-state index contributed by atoms with van der Waals surface area (Å²) in [4.78, 5) is 8.60. The molecule has 0 fully saturated rings. The number of sulfonamides is 1. The number of para-hydroxylation sites is 1. The highest BCUT2D eigenvalue weighted by molar-refractivity contribution is 7.88. The first-order valence-corrected chi connectivity index (χ1v) is 10.6. The van der Waals surface area contributed by atoms with Gasteiger partial charge in [-0.1, -0.05) is 12.1 Å². The summed E-state index contributed by atoms with van der Waals surface area (Å²) in [6, 6.07) is 14.8. The quantitative estimate of drug-likeness (QED) is 0.584. The second-order valence-electron chi connectivity index (χ2n) is 6.23. The van der Waals surface area contributed by atoms with E-state index in [9.17, 15) is 8.42 Å². The Balaban J connectivity index is 1.86. The van der Waals surface area contributed by atoms with E-state index in [0.29, 0.717) is 22.8 Å². The molecule has 8 nitrogen and oxygen atoms in total.